The average molecular weight is 301 g/mol. The number of aryl methyl sites for hydroxylation is 2. The number of guanidine groups is 1. The van der Waals surface area contributed by atoms with Gasteiger partial charge in [0.2, 0.25) is 5.89 Å². The van der Waals surface area contributed by atoms with Crippen molar-refractivity contribution in [3.63, 3.8) is 0 Å². The van der Waals surface area contributed by atoms with Crippen LogP contribution in [0.1, 0.15) is 23.7 Å². The fraction of sp³-hybridized carbons (Fsp3) is 0.438. The van der Waals surface area contributed by atoms with Gasteiger partial charge in [0, 0.05) is 26.6 Å². The van der Waals surface area contributed by atoms with Crippen molar-refractivity contribution >= 4 is 5.96 Å². The summed E-state index contributed by atoms with van der Waals surface area (Å²) in [6, 6.07) is 10.5. The lowest BCUT2D eigenvalue weighted by Crippen LogP contribution is -2.38. The molecule has 0 saturated carbocycles. The highest BCUT2D eigenvalue weighted by atomic mass is 16.5. The summed E-state index contributed by atoms with van der Waals surface area (Å²) in [5.41, 5.74) is 1.36. The van der Waals surface area contributed by atoms with E-state index in [4.69, 9.17) is 4.52 Å². The van der Waals surface area contributed by atoms with Crippen LogP contribution in [0.3, 0.4) is 0 Å². The van der Waals surface area contributed by atoms with Crippen LogP contribution in [0.15, 0.2) is 39.8 Å². The molecule has 6 heteroatoms. The van der Waals surface area contributed by atoms with Crippen LogP contribution in [-0.4, -0.2) is 36.2 Å². The van der Waals surface area contributed by atoms with Crippen LogP contribution in [-0.2, 0) is 12.8 Å². The van der Waals surface area contributed by atoms with Gasteiger partial charge in [0.1, 0.15) is 0 Å². The first-order valence-electron chi connectivity index (χ1n) is 7.55. The van der Waals surface area contributed by atoms with E-state index >= 15 is 0 Å². The van der Waals surface area contributed by atoms with Crippen molar-refractivity contribution in [2.45, 2.75) is 26.2 Å². The van der Waals surface area contributed by atoms with Gasteiger partial charge in [0.25, 0.3) is 0 Å². The van der Waals surface area contributed by atoms with Crippen molar-refractivity contribution in [2.75, 3.05) is 20.1 Å². The van der Waals surface area contributed by atoms with E-state index in [-0.39, 0.29) is 0 Å². The molecule has 2 rings (SSSR count). The minimum absolute atomic E-state index is 0.643. The highest BCUT2D eigenvalue weighted by Gasteiger charge is 2.03. The molecule has 1 aromatic carbocycles. The van der Waals surface area contributed by atoms with Gasteiger partial charge < -0.3 is 15.2 Å². The molecule has 1 aromatic heterocycles. The lowest BCUT2D eigenvalue weighted by atomic mass is 10.1. The summed E-state index contributed by atoms with van der Waals surface area (Å²) in [5, 5.41) is 10.3. The van der Waals surface area contributed by atoms with Gasteiger partial charge in [-0.25, -0.2) is 0 Å². The quantitative estimate of drug-likeness (QED) is 0.463. The SMILES string of the molecule is CN=C(NCCCc1ccccc1)NCCc1nc(C)no1. The molecular weight excluding hydrogens is 278 g/mol. The second-order valence-electron chi connectivity index (χ2n) is 5.00. The van der Waals surface area contributed by atoms with Crippen molar-refractivity contribution in [3.8, 4) is 0 Å². The maximum atomic E-state index is 5.07. The smallest absolute Gasteiger partial charge is 0.228 e. The van der Waals surface area contributed by atoms with Crippen LogP contribution in [0.4, 0.5) is 0 Å². The van der Waals surface area contributed by atoms with E-state index in [1.54, 1.807) is 7.05 Å². The van der Waals surface area contributed by atoms with Crippen molar-refractivity contribution in [2.24, 2.45) is 4.99 Å². The number of hydrogen-bond donors (Lipinski definition) is 2. The van der Waals surface area contributed by atoms with Gasteiger partial charge in [-0.15, -0.1) is 0 Å². The molecule has 0 aliphatic heterocycles. The molecule has 0 unspecified atom stereocenters. The molecule has 0 bridgehead atoms. The van der Waals surface area contributed by atoms with Gasteiger partial charge in [-0.1, -0.05) is 35.5 Å². The molecular formula is C16H23N5O. The fourth-order valence-corrected chi connectivity index (χ4v) is 2.09. The predicted molar refractivity (Wildman–Crippen MR) is 86.9 cm³/mol. The van der Waals surface area contributed by atoms with E-state index in [0.717, 1.165) is 25.3 Å². The number of nitrogens with one attached hydrogen (secondary N) is 2. The summed E-state index contributed by atoms with van der Waals surface area (Å²) in [6.07, 6.45) is 2.81. The summed E-state index contributed by atoms with van der Waals surface area (Å²) < 4.78 is 5.07. The molecule has 0 aliphatic rings. The van der Waals surface area contributed by atoms with Gasteiger partial charge in [-0.05, 0) is 25.3 Å². The minimum Gasteiger partial charge on any atom is -0.356 e. The molecule has 2 aromatic rings. The first-order chi connectivity index (χ1) is 10.8. The zero-order chi connectivity index (χ0) is 15.6. The normalized spacial score (nSPS) is 11.5. The van der Waals surface area contributed by atoms with Crippen LogP contribution in [0.25, 0.3) is 0 Å². The maximum Gasteiger partial charge on any atom is 0.228 e. The highest BCUT2D eigenvalue weighted by molar-refractivity contribution is 5.79. The van der Waals surface area contributed by atoms with Crippen LogP contribution >= 0.6 is 0 Å². The third-order valence-corrected chi connectivity index (χ3v) is 3.20. The third kappa shape index (κ3) is 5.55. The Labute approximate surface area is 131 Å². The molecule has 1 heterocycles. The fourth-order valence-electron chi connectivity index (χ4n) is 2.09. The van der Waals surface area contributed by atoms with E-state index in [9.17, 15) is 0 Å². The van der Waals surface area contributed by atoms with Crippen LogP contribution in [0, 0.1) is 6.92 Å². The molecule has 0 spiro atoms. The van der Waals surface area contributed by atoms with Gasteiger partial charge in [0.05, 0.1) is 0 Å². The monoisotopic (exact) mass is 301 g/mol. The summed E-state index contributed by atoms with van der Waals surface area (Å²) in [7, 11) is 1.77. The second-order valence-corrected chi connectivity index (χ2v) is 5.00. The molecule has 118 valence electrons. The Morgan fingerprint density at radius 3 is 2.59 bits per heavy atom. The van der Waals surface area contributed by atoms with Gasteiger partial charge in [-0.3, -0.25) is 4.99 Å². The van der Waals surface area contributed by atoms with Crippen LogP contribution in [0.5, 0.6) is 0 Å². The van der Waals surface area contributed by atoms with E-state index in [2.05, 4.69) is 50.0 Å². The van der Waals surface area contributed by atoms with Gasteiger partial charge in [-0.2, -0.15) is 4.98 Å². The lowest BCUT2D eigenvalue weighted by molar-refractivity contribution is 0.374. The molecule has 22 heavy (non-hydrogen) atoms. The molecule has 0 radical (unpaired) electrons. The number of aromatic nitrogens is 2. The van der Waals surface area contributed by atoms with Crippen molar-refractivity contribution in [3.05, 3.63) is 47.6 Å². The zero-order valence-electron chi connectivity index (χ0n) is 13.2. The van der Waals surface area contributed by atoms with Crippen LogP contribution in [0.2, 0.25) is 0 Å². The number of nitrogens with zero attached hydrogens (tertiary/aromatic N) is 3. The number of benzene rings is 1. The molecule has 6 nitrogen and oxygen atoms in total. The number of aliphatic imine (C=N–C) groups is 1. The summed E-state index contributed by atoms with van der Waals surface area (Å²) in [4.78, 5) is 8.36. The van der Waals surface area contributed by atoms with Crippen LogP contribution < -0.4 is 10.6 Å². The van der Waals surface area contributed by atoms with Crippen molar-refractivity contribution in [1.82, 2.24) is 20.8 Å². The van der Waals surface area contributed by atoms with E-state index in [1.165, 1.54) is 5.56 Å². The summed E-state index contributed by atoms with van der Waals surface area (Å²) in [5.74, 6) is 2.10. The topological polar surface area (TPSA) is 75.3 Å². The standard InChI is InChI=1S/C16H23N5O/c1-13-20-15(22-21-13)10-12-19-16(17-2)18-11-6-9-14-7-4-3-5-8-14/h3-5,7-8H,6,9-12H2,1-2H3,(H2,17,18,19). The van der Waals surface area contributed by atoms with Gasteiger partial charge in [0.15, 0.2) is 11.8 Å². The Hall–Kier alpha value is -2.37. The first-order valence-corrected chi connectivity index (χ1v) is 7.55. The molecule has 0 atom stereocenters. The summed E-state index contributed by atoms with van der Waals surface area (Å²) >= 11 is 0. The Morgan fingerprint density at radius 1 is 1.14 bits per heavy atom. The lowest BCUT2D eigenvalue weighted by Gasteiger charge is -2.11. The number of rotatable bonds is 7. The van der Waals surface area contributed by atoms with E-state index in [0.29, 0.717) is 24.7 Å². The Morgan fingerprint density at radius 2 is 1.91 bits per heavy atom. The molecule has 2 N–H and O–H groups in total. The summed E-state index contributed by atoms with van der Waals surface area (Å²) in [6.45, 7) is 3.40. The van der Waals surface area contributed by atoms with Gasteiger partial charge >= 0.3 is 0 Å². The molecule has 0 amide bonds. The Bertz CT molecular complexity index is 579. The third-order valence-electron chi connectivity index (χ3n) is 3.20. The van der Waals surface area contributed by atoms with Crippen molar-refractivity contribution < 1.29 is 4.52 Å². The Balaban J connectivity index is 1.61. The predicted octanol–water partition coefficient (Wildman–Crippen LogP) is 1.72. The average Bonchev–Trinajstić information content (AvgIpc) is 2.96. The minimum atomic E-state index is 0.643. The highest BCUT2D eigenvalue weighted by Crippen LogP contribution is 2.01. The number of hydrogen-bond acceptors (Lipinski definition) is 4. The van der Waals surface area contributed by atoms with E-state index < -0.39 is 0 Å². The second kappa shape index (κ2) is 8.81. The molecule has 0 fully saturated rings. The Kier molecular flexibility index (Phi) is 6.41. The van der Waals surface area contributed by atoms with Crippen molar-refractivity contribution in [1.29, 1.82) is 0 Å². The zero-order valence-corrected chi connectivity index (χ0v) is 13.2. The molecule has 0 saturated heterocycles. The maximum absolute atomic E-state index is 5.07. The molecule has 0 aliphatic carbocycles. The van der Waals surface area contributed by atoms with E-state index in [1.807, 2.05) is 13.0 Å². The first kappa shape index (κ1) is 16.0. The largest absolute Gasteiger partial charge is 0.356 e.